The van der Waals surface area contributed by atoms with Crippen molar-refractivity contribution in [1.29, 1.82) is 0 Å². The Labute approximate surface area is 87.9 Å². The molecule has 2 heteroatoms. The topological polar surface area (TPSA) is 46.2 Å². The molecule has 1 rings (SSSR count). The summed E-state index contributed by atoms with van der Waals surface area (Å²) in [7, 11) is 0. The van der Waals surface area contributed by atoms with Gasteiger partial charge in [0.25, 0.3) is 0 Å². The maximum absolute atomic E-state index is 9.77. The van der Waals surface area contributed by atoms with Gasteiger partial charge in [-0.2, -0.15) is 0 Å². The molecule has 0 saturated heterocycles. The Kier molecular flexibility index (Phi) is 3.96. The second-order valence-corrected chi connectivity index (χ2v) is 5.32. The van der Waals surface area contributed by atoms with Crippen molar-refractivity contribution in [2.24, 2.45) is 23.0 Å². The van der Waals surface area contributed by atoms with Crippen LogP contribution in [-0.2, 0) is 0 Å². The van der Waals surface area contributed by atoms with Gasteiger partial charge in [-0.3, -0.25) is 0 Å². The third-order valence-electron chi connectivity index (χ3n) is 4.26. The number of hydrogen-bond donors (Lipinski definition) is 2. The van der Waals surface area contributed by atoms with Gasteiger partial charge < -0.3 is 10.8 Å². The molecule has 1 fully saturated rings. The number of hydrogen-bond acceptors (Lipinski definition) is 2. The third kappa shape index (κ3) is 2.29. The van der Waals surface area contributed by atoms with Crippen LogP contribution in [0.15, 0.2) is 0 Å². The van der Waals surface area contributed by atoms with E-state index in [1.54, 1.807) is 0 Å². The average molecular weight is 199 g/mol. The molecule has 2 nitrogen and oxygen atoms in total. The van der Waals surface area contributed by atoms with Crippen LogP contribution in [0.2, 0.25) is 0 Å². The van der Waals surface area contributed by atoms with Crippen molar-refractivity contribution in [1.82, 2.24) is 0 Å². The summed E-state index contributed by atoms with van der Waals surface area (Å²) in [4.78, 5) is 0. The van der Waals surface area contributed by atoms with Crippen LogP contribution < -0.4 is 5.73 Å². The minimum absolute atomic E-state index is 0.0192. The van der Waals surface area contributed by atoms with Crippen LogP contribution in [0.25, 0.3) is 0 Å². The number of rotatable bonds is 3. The molecule has 0 aromatic heterocycles. The monoisotopic (exact) mass is 199 g/mol. The highest BCUT2D eigenvalue weighted by Gasteiger charge is 2.38. The lowest BCUT2D eigenvalue weighted by atomic mass is 9.65. The van der Waals surface area contributed by atoms with Crippen LogP contribution >= 0.6 is 0 Å². The lowest BCUT2D eigenvalue weighted by Gasteiger charge is -2.42. The highest BCUT2D eigenvalue weighted by Crippen LogP contribution is 2.42. The number of nitrogens with two attached hydrogens (primary N) is 1. The van der Waals surface area contributed by atoms with E-state index in [0.29, 0.717) is 6.54 Å². The van der Waals surface area contributed by atoms with E-state index < -0.39 is 0 Å². The largest absolute Gasteiger partial charge is 0.393 e. The van der Waals surface area contributed by atoms with Gasteiger partial charge in [-0.25, -0.2) is 0 Å². The summed E-state index contributed by atoms with van der Waals surface area (Å²) in [5, 5.41) is 9.77. The summed E-state index contributed by atoms with van der Waals surface area (Å²) in [6, 6.07) is 0. The van der Waals surface area contributed by atoms with Crippen molar-refractivity contribution in [3.63, 3.8) is 0 Å². The van der Waals surface area contributed by atoms with E-state index in [1.807, 2.05) is 6.92 Å². The summed E-state index contributed by atoms with van der Waals surface area (Å²) < 4.78 is 0. The molecule has 0 radical (unpaired) electrons. The molecule has 1 aliphatic carbocycles. The van der Waals surface area contributed by atoms with E-state index in [4.69, 9.17) is 5.73 Å². The quantitative estimate of drug-likeness (QED) is 0.731. The van der Waals surface area contributed by atoms with E-state index in [-0.39, 0.29) is 11.5 Å². The minimum atomic E-state index is -0.249. The second-order valence-electron chi connectivity index (χ2n) is 5.32. The lowest BCUT2D eigenvalue weighted by molar-refractivity contribution is -0.00128. The molecule has 0 aliphatic heterocycles. The Morgan fingerprint density at radius 2 is 1.79 bits per heavy atom. The van der Waals surface area contributed by atoms with Crippen LogP contribution in [0, 0.1) is 17.3 Å². The van der Waals surface area contributed by atoms with Gasteiger partial charge in [-0.05, 0) is 44.4 Å². The van der Waals surface area contributed by atoms with Gasteiger partial charge in [0.2, 0.25) is 0 Å². The van der Waals surface area contributed by atoms with E-state index in [9.17, 15) is 5.11 Å². The van der Waals surface area contributed by atoms with E-state index in [2.05, 4.69) is 13.8 Å². The first kappa shape index (κ1) is 12.0. The van der Waals surface area contributed by atoms with E-state index in [1.165, 1.54) is 12.8 Å². The molecule has 1 atom stereocenters. The Balaban J connectivity index is 2.55. The molecule has 0 aromatic carbocycles. The van der Waals surface area contributed by atoms with Gasteiger partial charge in [-0.1, -0.05) is 13.8 Å². The van der Waals surface area contributed by atoms with E-state index >= 15 is 0 Å². The van der Waals surface area contributed by atoms with Crippen molar-refractivity contribution in [2.75, 3.05) is 6.54 Å². The Morgan fingerprint density at radius 1 is 1.29 bits per heavy atom. The maximum atomic E-state index is 9.77. The van der Waals surface area contributed by atoms with Crippen LogP contribution in [0.4, 0.5) is 0 Å². The van der Waals surface area contributed by atoms with Crippen molar-refractivity contribution in [3.8, 4) is 0 Å². The zero-order valence-electron chi connectivity index (χ0n) is 9.79. The normalized spacial score (nSPS) is 36.0. The SMILES string of the molecule is CC(C)C1CCC(CN)(C(C)O)CC1. The van der Waals surface area contributed by atoms with Crippen LogP contribution in [0.3, 0.4) is 0 Å². The highest BCUT2D eigenvalue weighted by atomic mass is 16.3. The number of aliphatic hydroxyl groups is 1. The van der Waals surface area contributed by atoms with Gasteiger partial charge >= 0.3 is 0 Å². The summed E-state index contributed by atoms with van der Waals surface area (Å²) in [5.74, 6) is 1.62. The Bertz CT molecular complexity index is 169. The molecular weight excluding hydrogens is 174 g/mol. The molecule has 84 valence electrons. The van der Waals surface area contributed by atoms with Crippen LogP contribution in [0.1, 0.15) is 46.5 Å². The van der Waals surface area contributed by atoms with Gasteiger partial charge in [-0.15, -0.1) is 0 Å². The standard InChI is InChI=1S/C12H25NO/c1-9(2)11-4-6-12(8-13,7-5-11)10(3)14/h9-11,14H,4-8,13H2,1-3H3. The van der Waals surface area contributed by atoms with Crippen molar-refractivity contribution < 1.29 is 5.11 Å². The fraction of sp³-hybridized carbons (Fsp3) is 1.00. The molecule has 0 heterocycles. The van der Waals surface area contributed by atoms with Gasteiger partial charge in [0.15, 0.2) is 0 Å². The average Bonchev–Trinajstić information content (AvgIpc) is 2.17. The molecule has 1 aliphatic rings. The summed E-state index contributed by atoms with van der Waals surface area (Å²) in [5.41, 5.74) is 5.82. The van der Waals surface area contributed by atoms with Crippen molar-refractivity contribution >= 4 is 0 Å². The molecule has 1 unspecified atom stereocenters. The third-order valence-corrected chi connectivity index (χ3v) is 4.26. The molecule has 0 aromatic rings. The fourth-order valence-corrected chi connectivity index (χ4v) is 2.67. The smallest absolute Gasteiger partial charge is 0.0580 e. The van der Waals surface area contributed by atoms with Crippen LogP contribution in [0.5, 0.6) is 0 Å². The number of aliphatic hydroxyl groups excluding tert-OH is 1. The minimum Gasteiger partial charge on any atom is -0.393 e. The molecule has 0 bridgehead atoms. The molecule has 0 amide bonds. The Hall–Kier alpha value is -0.0800. The summed E-state index contributed by atoms with van der Waals surface area (Å²) in [6.07, 6.45) is 4.42. The van der Waals surface area contributed by atoms with Crippen molar-refractivity contribution in [3.05, 3.63) is 0 Å². The molecular formula is C12H25NO. The van der Waals surface area contributed by atoms with Gasteiger partial charge in [0.1, 0.15) is 0 Å². The van der Waals surface area contributed by atoms with E-state index in [0.717, 1.165) is 24.7 Å². The molecule has 3 N–H and O–H groups in total. The summed E-state index contributed by atoms with van der Waals surface area (Å²) in [6.45, 7) is 7.11. The second kappa shape index (κ2) is 4.63. The molecule has 0 spiro atoms. The van der Waals surface area contributed by atoms with Crippen LogP contribution in [-0.4, -0.2) is 17.8 Å². The summed E-state index contributed by atoms with van der Waals surface area (Å²) >= 11 is 0. The maximum Gasteiger partial charge on any atom is 0.0580 e. The first-order valence-corrected chi connectivity index (χ1v) is 5.90. The van der Waals surface area contributed by atoms with Crippen molar-refractivity contribution in [2.45, 2.75) is 52.6 Å². The molecule has 1 saturated carbocycles. The highest BCUT2D eigenvalue weighted by molar-refractivity contribution is 4.90. The first-order valence-electron chi connectivity index (χ1n) is 5.90. The zero-order valence-corrected chi connectivity index (χ0v) is 9.79. The predicted molar refractivity (Wildman–Crippen MR) is 60.0 cm³/mol. The van der Waals surface area contributed by atoms with Gasteiger partial charge in [0, 0.05) is 12.0 Å². The molecule has 14 heavy (non-hydrogen) atoms. The first-order chi connectivity index (χ1) is 6.52. The van der Waals surface area contributed by atoms with Gasteiger partial charge in [0.05, 0.1) is 6.10 Å². The predicted octanol–water partition coefficient (Wildman–Crippen LogP) is 2.16. The Morgan fingerprint density at radius 3 is 2.07 bits per heavy atom. The zero-order chi connectivity index (χ0) is 10.8. The fourth-order valence-electron chi connectivity index (χ4n) is 2.67. The lowest BCUT2D eigenvalue weighted by Crippen LogP contribution is -2.43.